The quantitative estimate of drug-likeness (QED) is 0.368. The summed E-state index contributed by atoms with van der Waals surface area (Å²) in [6, 6.07) is 7.36. The second kappa shape index (κ2) is 10.1. The number of rotatable bonds is 5. The van der Waals surface area contributed by atoms with E-state index in [1.807, 2.05) is 0 Å². The van der Waals surface area contributed by atoms with Gasteiger partial charge in [0.2, 0.25) is 0 Å². The molecule has 1 atom stereocenters. The van der Waals surface area contributed by atoms with Crippen molar-refractivity contribution in [2.75, 3.05) is 20.1 Å². The van der Waals surface area contributed by atoms with Crippen LogP contribution in [0.4, 0.5) is 13.2 Å². The topological polar surface area (TPSA) is 65.7 Å². The van der Waals surface area contributed by atoms with Crippen molar-refractivity contribution in [3.63, 3.8) is 0 Å². The number of alkyl halides is 3. The van der Waals surface area contributed by atoms with Gasteiger partial charge in [-0.1, -0.05) is 17.3 Å². The average Bonchev–Trinajstić information content (AvgIpc) is 3.30. The molecular weight excluding hydrogens is 486 g/mol. The van der Waals surface area contributed by atoms with Crippen molar-refractivity contribution >= 4 is 29.9 Å². The maximum Gasteiger partial charge on any atom is 0.416 e. The Morgan fingerprint density at radius 1 is 1.29 bits per heavy atom. The largest absolute Gasteiger partial charge is 0.416 e. The minimum absolute atomic E-state index is 0. The molecule has 1 saturated heterocycles. The Bertz CT molecular complexity index is 750. The number of hydrogen-bond acceptors (Lipinski definition) is 4. The molecule has 2 aromatic rings. The minimum Gasteiger partial charge on any atom is -0.364 e. The fourth-order valence-corrected chi connectivity index (χ4v) is 3.04. The van der Waals surface area contributed by atoms with Gasteiger partial charge < -0.3 is 15.2 Å². The van der Waals surface area contributed by atoms with Crippen LogP contribution in [0.5, 0.6) is 0 Å². The molecule has 1 aromatic carbocycles. The van der Waals surface area contributed by atoms with E-state index in [0.29, 0.717) is 19.0 Å². The number of aromatic nitrogens is 1. The summed E-state index contributed by atoms with van der Waals surface area (Å²) in [5, 5.41) is 10.4. The number of aliphatic imine (C=N–C) groups is 1. The maximum absolute atomic E-state index is 12.6. The highest BCUT2D eigenvalue weighted by Crippen LogP contribution is 2.29. The average molecular weight is 509 g/mol. The van der Waals surface area contributed by atoms with Gasteiger partial charge in [0.05, 0.1) is 12.1 Å². The molecular formula is C18H23F3IN5O. The molecule has 28 heavy (non-hydrogen) atoms. The highest BCUT2D eigenvalue weighted by molar-refractivity contribution is 14.0. The number of benzene rings is 1. The van der Waals surface area contributed by atoms with Crippen LogP contribution in [-0.4, -0.2) is 42.2 Å². The smallest absolute Gasteiger partial charge is 0.364 e. The maximum atomic E-state index is 12.6. The van der Waals surface area contributed by atoms with Crippen LogP contribution in [0.25, 0.3) is 0 Å². The third kappa shape index (κ3) is 6.36. The van der Waals surface area contributed by atoms with E-state index in [1.54, 1.807) is 25.2 Å². The summed E-state index contributed by atoms with van der Waals surface area (Å²) in [6.45, 7) is 2.81. The predicted molar refractivity (Wildman–Crippen MR) is 110 cm³/mol. The monoisotopic (exact) mass is 509 g/mol. The van der Waals surface area contributed by atoms with Gasteiger partial charge in [-0.25, -0.2) is 0 Å². The third-order valence-corrected chi connectivity index (χ3v) is 4.45. The van der Waals surface area contributed by atoms with Gasteiger partial charge in [-0.15, -0.1) is 24.0 Å². The first-order valence-electron chi connectivity index (χ1n) is 8.69. The van der Waals surface area contributed by atoms with Crippen molar-refractivity contribution in [3.05, 3.63) is 53.4 Å². The summed E-state index contributed by atoms with van der Waals surface area (Å²) < 4.78 is 42.7. The highest BCUT2D eigenvalue weighted by atomic mass is 127. The summed E-state index contributed by atoms with van der Waals surface area (Å²) in [7, 11) is 1.70. The van der Waals surface area contributed by atoms with E-state index in [9.17, 15) is 13.2 Å². The van der Waals surface area contributed by atoms with Crippen LogP contribution in [0.3, 0.4) is 0 Å². The summed E-state index contributed by atoms with van der Waals surface area (Å²) in [4.78, 5) is 6.42. The summed E-state index contributed by atoms with van der Waals surface area (Å²) >= 11 is 0. The first-order valence-corrected chi connectivity index (χ1v) is 8.69. The van der Waals surface area contributed by atoms with E-state index in [4.69, 9.17) is 4.52 Å². The van der Waals surface area contributed by atoms with Gasteiger partial charge >= 0.3 is 6.18 Å². The summed E-state index contributed by atoms with van der Waals surface area (Å²) in [5.74, 6) is 0.680. The van der Waals surface area contributed by atoms with Gasteiger partial charge in [-0.2, -0.15) is 13.2 Å². The molecule has 1 aliphatic rings. The van der Waals surface area contributed by atoms with Crippen LogP contribution in [0.15, 0.2) is 46.1 Å². The molecule has 0 amide bonds. The molecule has 10 heteroatoms. The zero-order valence-electron chi connectivity index (χ0n) is 15.4. The fraction of sp³-hybridized carbons (Fsp3) is 0.444. The van der Waals surface area contributed by atoms with Crippen molar-refractivity contribution in [2.24, 2.45) is 4.99 Å². The van der Waals surface area contributed by atoms with Crippen LogP contribution < -0.4 is 10.6 Å². The van der Waals surface area contributed by atoms with E-state index in [1.165, 1.54) is 6.26 Å². The van der Waals surface area contributed by atoms with Gasteiger partial charge in [0.25, 0.3) is 0 Å². The zero-order chi connectivity index (χ0) is 19.3. The Morgan fingerprint density at radius 2 is 2.04 bits per heavy atom. The van der Waals surface area contributed by atoms with Crippen LogP contribution >= 0.6 is 24.0 Å². The number of halogens is 4. The van der Waals surface area contributed by atoms with E-state index in [-0.39, 0.29) is 30.0 Å². The summed E-state index contributed by atoms with van der Waals surface area (Å²) in [6.07, 6.45) is -1.84. The Balaban J connectivity index is 0.00000280. The van der Waals surface area contributed by atoms with Crippen LogP contribution in [0.1, 0.15) is 23.2 Å². The lowest BCUT2D eigenvalue weighted by Crippen LogP contribution is -2.44. The molecule has 1 aromatic heterocycles. The molecule has 154 valence electrons. The molecule has 0 bridgehead atoms. The molecule has 2 heterocycles. The molecule has 0 radical (unpaired) electrons. The zero-order valence-corrected chi connectivity index (χ0v) is 17.7. The van der Waals surface area contributed by atoms with Gasteiger partial charge in [0.1, 0.15) is 12.0 Å². The molecule has 6 nitrogen and oxygen atoms in total. The number of nitrogens with one attached hydrogen (secondary N) is 2. The molecule has 2 N–H and O–H groups in total. The van der Waals surface area contributed by atoms with Gasteiger partial charge in [-0.3, -0.25) is 9.89 Å². The molecule has 1 fully saturated rings. The fourth-order valence-electron chi connectivity index (χ4n) is 3.04. The van der Waals surface area contributed by atoms with Gasteiger partial charge in [-0.05, 0) is 24.1 Å². The Morgan fingerprint density at radius 3 is 2.64 bits per heavy atom. The first-order chi connectivity index (χ1) is 12.9. The standard InChI is InChI=1S/C18H22F3N5O.HI/c1-22-17(23-10-15-7-9-27-25-15)24-16-6-8-26(12-16)11-13-2-4-14(5-3-13)18(19,20)21;/h2-5,7,9,16H,6,8,10-12H2,1H3,(H2,22,23,24);1H. The number of guanidine groups is 1. The second-order valence-electron chi connectivity index (χ2n) is 6.48. The number of hydrogen-bond donors (Lipinski definition) is 2. The van der Waals surface area contributed by atoms with Crippen molar-refractivity contribution in [1.82, 2.24) is 20.7 Å². The molecule has 3 rings (SSSR count). The Hall–Kier alpha value is -1.82. The Labute approximate surface area is 178 Å². The minimum atomic E-state index is -4.30. The highest BCUT2D eigenvalue weighted by Gasteiger charge is 2.30. The van der Waals surface area contributed by atoms with Crippen molar-refractivity contribution in [1.29, 1.82) is 0 Å². The lowest BCUT2D eigenvalue weighted by atomic mass is 10.1. The van der Waals surface area contributed by atoms with Crippen LogP contribution in [0, 0.1) is 0 Å². The number of nitrogens with zero attached hydrogens (tertiary/aromatic N) is 3. The van der Waals surface area contributed by atoms with Crippen LogP contribution in [-0.2, 0) is 19.3 Å². The van der Waals surface area contributed by atoms with Crippen LogP contribution in [0.2, 0.25) is 0 Å². The molecule has 0 aliphatic carbocycles. The van der Waals surface area contributed by atoms with Crippen molar-refractivity contribution < 1.29 is 17.7 Å². The Kier molecular flexibility index (Phi) is 8.10. The second-order valence-corrected chi connectivity index (χ2v) is 6.48. The molecule has 0 spiro atoms. The third-order valence-electron chi connectivity index (χ3n) is 4.45. The first kappa shape index (κ1) is 22.5. The normalized spacial score (nSPS) is 18.0. The van der Waals surface area contributed by atoms with E-state index in [0.717, 1.165) is 42.9 Å². The molecule has 1 unspecified atom stereocenters. The van der Waals surface area contributed by atoms with Crippen molar-refractivity contribution in [2.45, 2.75) is 31.7 Å². The SMILES string of the molecule is CN=C(NCc1ccon1)NC1CCN(Cc2ccc(C(F)(F)F)cc2)C1.I. The van der Waals surface area contributed by atoms with E-state index in [2.05, 4.69) is 25.7 Å². The van der Waals surface area contributed by atoms with E-state index < -0.39 is 11.7 Å². The molecule has 0 saturated carbocycles. The lowest BCUT2D eigenvalue weighted by Gasteiger charge is -2.19. The predicted octanol–water partition coefficient (Wildman–Crippen LogP) is 3.25. The van der Waals surface area contributed by atoms with Crippen molar-refractivity contribution in [3.8, 4) is 0 Å². The van der Waals surface area contributed by atoms with Gasteiger partial charge in [0.15, 0.2) is 5.96 Å². The van der Waals surface area contributed by atoms with Gasteiger partial charge in [0, 0.05) is 38.8 Å². The lowest BCUT2D eigenvalue weighted by molar-refractivity contribution is -0.137. The van der Waals surface area contributed by atoms with E-state index >= 15 is 0 Å². The summed E-state index contributed by atoms with van der Waals surface area (Å²) in [5.41, 5.74) is 1.04. The number of likely N-dealkylation sites (tertiary alicyclic amines) is 1. The molecule has 1 aliphatic heterocycles.